The zero-order valence-corrected chi connectivity index (χ0v) is 14.7. The summed E-state index contributed by atoms with van der Waals surface area (Å²) in [5, 5.41) is 0.524. The predicted molar refractivity (Wildman–Crippen MR) is 88.0 cm³/mol. The van der Waals surface area contributed by atoms with Crippen LogP contribution in [0.25, 0.3) is 0 Å². The molecule has 0 bridgehead atoms. The minimum atomic E-state index is -0.0659. The van der Waals surface area contributed by atoms with Crippen molar-refractivity contribution in [1.29, 1.82) is 0 Å². The van der Waals surface area contributed by atoms with Crippen molar-refractivity contribution in [2.24, 2.45) is 0 Å². The molecule has 0 unspecified atom stereocenters. The van der Waals surface area contributed by atoms with Gasteiger partial charge in [-0.2, -0.15) is 0 Å². The van der Waals surface area contributed by atoms with E-state index in [-0.39, 0.29) is 5.91 Å². The maximum atomic E-state index is 12.5. The molecule has 0 N–H and O–H groups in total. The Morgan fingerprint density at radius 2 is 1.76 bits per heavy atom. The molecule has 0 aliphatic rings. The van der Waals surface area contributed by atoms with Crippen LogP contribution in [0.2, 0.25) is 5.02 Å². The summed E-state index contributed by atoms with van der Waals surface area (Å²) < 4.78 is 11.4. The lowest BCUT2D eigenvalue weighted by atomic mass is 10.2. The summed E-state index contributed by atoms with van der Waals surface area (Å²) in [7, 11) is 0. The van der Waals surface area contributed by atoms with Gasteiger partial charge < -0.3 is 14.4 Å². The molecule has 0 spiro atoms. The van der Waals surface area contributed by atoms with E-state index in [1.807, 2.05) is 13.8 Å². The van der Waals surface area contributed by atoms with Crippen molar-refractivity contribution in [3.63, 3.8) is 0 Å². The number of hydrogen-bond acceptors (Lipinski definition) is 3. The second-order valence-electron chi connectivity index (χ2n) is 4.31. The molecular weight excluding hydrogens is 358 g/mol. The molecule has 0 aliphatic heterocycles. The fraction of sp³-hybridized carbons (Fsp3) is 0.533. The van der Waals surface area contributed by atoms with E-state index in [1.54, 1.807) is 23.1 Å². The lowest BCUT2D eigenvalue weighted by molar-refractivity contribution is 0.0550. The standard InChI is InChI=1S/C15H21BrClNO3/c1-3-20-9-7-18(8-10-21-4-2)15(19)12-5-6-13(16)14(17)11-12/h5-6,11H,3-4,7-10H2,1-2H3. The highest BCUT2D eigenvalue weighted by Gasteiger charge is 2.16. The molecular formula is C15H21BrClNO3. The summed E-state index contributed by atoms with van der Waals surface area (Å²) in [5.74, 6) is -0.0659. The summed E-state index contributed by atoms with van der Waals surface area (Å²) >= 11 is 9.37. The molecule has 4 nitrogen and oxygen atoms in total. The Morgan fingerprint density at radius 1 is 1.19 bits per heavy atom. The van der Waals surface area contributed by atoms with E-state index in [4.69, 9.17) is 21.1 Å². The molecule has 1 rings (SSSR count). The van der Waals surface area contributed by atoms with Gasteiger partial charge >= 0.3 is 0 Å². The van der Waals surface area contributed by atoms with Gasteiger partial charge in [-0.1, -0.05) is 11.6 Å². The van der Waals surface area contributed by atoms with Crippen molar-refractivity contribution < 1.29 is 14.3 Å². The maximum absolute atomic E-state index is 12.5. The summed E-state index contributed by atoms with van der Waals surface area (Å²) in [6.45, 7) is 7.23. The highest BCUT2D eigenvalue weighted by atomic mass is 79.9. The number of nitrogens with zero attached hydrogens (tertiary/aromatic N) is 1. The van der Waals surface area contributed by atoms with Crippen molar-refractivity contribution in [3.05, 3.63) is 33.3 Å². The molecule has 0 heterocycles. The first-order chi connectivity index (χ1) is 10.1. The van der Waals surface area contributed by atoms with Crippen LogP contribution in [-0.2, 0) is 9.47 Å². The van der Waals surface area contributed by atoms with Crippen LogP contribution in [0, 0.1) is 0 Å². The van der Waals surface area contributed by atoms with Crippen LogP contribution in [-0.4, -0.2) is 50.3 Å². The van der Waals surface area contributed by atoms with E-state index in [2.05, 4.69) is 15.9 Å². The topological polar surface area (TPSA) is 38.8 Å². The number of rotatable bonds is 9. The molecule has 21 heavy (non-hydrogen) atoms. The summed E-state index contributed by atoms with van der Waals surface area (Å²) in [5.41, 5.74) is 0.566. The molecule has 1 amide bonds. The van der Waals surface area contributed by atoms with Gasteiger partial charge in [0.25, 0.3) is 5.91 Å². The van der Waals surface area contributed by atoms with E-state index in [0.717, 1.165) is 4.47 Å². The number of carbonyl (C=O) groups excluding carboxylic acids is 1. The first-order valence-electron chi connectivity index (χ1n) is 7.00. The van der Waals surface area contributed by atoms with Gasteiger partial charge in [-0.25, -0.2) is 0 Å². The molecule has 0 atom stereocenters. The highest BCUT2D eigenvalue weighted by Crippen LogP contribution is 2.23. The average Bonchev–Trinajstić information content (AvgIpc) is 2.48. The fourth-order valence-electron chi connectivity index (χ4n) is 1.76. The van der Waals surface area contributed by atoms with Gasteiger partial charge in [0.15, 0.2) is 0 Å². The molecule has 1 aromatic rings. The lowest BCUT2D eigenvalue weighted by Crippen LogP contribution is -2.36. The Kier molecular flexibility index (Phi) is 8.92. The third kappa shape index (κ3) is 6.34. The number of halogens is 2. The Hall–Kier alpha value is -0.620. The number of benzene rings is 1. The Balaban J connectivity index is 2.73. The van der Waals surface area contributed by atoms with Crippen molar-refractivity contribution in [1.82, 2.24) is 4.90 Å². The first-order valence-corrected chi connectivity index (χ1v) is 8.17. The van der Waals surface area contributed by atoms with Crippen molar-refractivity contribution in [2.45, 2.75) is 13.8 Å². The van der Waals surface area contributed by atoms with E-state index >= 15 is 0 Å². The van der Waals surface area contributed by atoms with Crippen molar-refractivity contribution in [3.8, 4) is 0 Å². The van der Waals surface area contributed by atoms with E-state index in [9.17, 15) is 4.79 Å². The summed E-state index contributed by atoms with van der Waals surface area (Å²) in [4.78, 5) is 14.3. The second kappa shape index (κ2) is 10.2. The zero-order chi connectivity index (χ0) is 15.7. The Bertz CT molecular complexity index is 447. The number of hydrogen-bond donors (Lipinski definition) is 0. The smallest absolute Gasteiger partial charge is 0.254 e. The largest absolute Gasteiger partial charge is 0.380 e. The van der Waals surface area contributed by atoms with Gasteiger partial charge in [0, 0.05) is 36.3 Å². The number of amides is 1. The lowest BCUT2D eigenvalue weighted by Gasteiger charge is -2.22. The van der Waals surface area contributed by atoms with Crippen LogP contribution in [0.3, 0.4) is 0 Å². The van der Waals surface area contributed by atoms with E-state index in [0.29, 0.717) is 50.1 Å². The molecule has 1 aromatic carbocycles. The van der Waals surface area contributed by atoms with Crippen molar-refractivity contribution >= 4 is 33.4 Å². The molecule has 0 saturated heterocycles. The van der Waals surface area contributed by atoms with Crippen LogP contribution in [0.5, 0.6) is 0 Å². The minimum Gasteiger partial charge on any atom is -0.380 e. The Labute approximate surface area is 139 Å². The molecule has 118 valence electrons. The number of ether oxygens (including phenoxy) is 2. The first kappa shape index (κ1) is 18.4. The Morgan fingerprint density at radius 3 is 2.24 bits per heavy atom. The zero-order valence-electron chi connectivity index (χ0n) is 12.4. The predicted octanol–water partition coefficient (Wildman–Crippen LogP) is 3.62. The van der Waals surface area contributed by atoms with Gasteiger partial charge in [-0.15, -0.1) is 0 Å². The van der Waals surface area contributed by atoms with E-state index < -0.39 is 0 Å². The quantitative estimate of drug-likeness (QED) is 0.616. The summed E-state index contributed by atoms with van der Waals surface area (Å²) in [6.07, 6.45) is 0. The van der Waals surface area contributed by atoms with Gasteiger partial charge in [0.2, 0.25) is 0 Å². The number of carbonyl (C=O) groups is 1. The molecule has 0 aromatic heterocycles. The molecule has 0 radical (unpaired) electrons. The van der Waals surface area contributed by atoms with E-state index in [1.165, 1.54) is 0 Å². The van der Waals surface area contributed by atoms with Crippen molar-refractivity contribution in [2.75, 3.05) is 39.5 Å². The van der Waals surface area contributed by atoms with Gasteiger partial charge in [0.05, 0.1) is 18.2 Å². The molecule has 0 fully saturated rings. The normalized spacial score (nSPS) is 10.7. The molecule has 0 saturated carbocycles. The average molecular weight is 379 g/mol. The van der Waals surface area contributed by atoms with Crippen LogP contribution in [0.1, 0.15) is 24.2 Å². The fourth-order valence-corrected chi connectivity index (χ4v) is 2.19. The van der Waals surface area contributed by atoms with Gasteiger partial charge in [0.1, 0.15) is 0 Å². The summed E-state index contributed by atoms with van der Waals surface area (Å²) in [6, 6.07) is 5.20. The minimum absolute atomic E-state index is 0.0659. The third-order valence-corrected chi connectivity index (χ3v) is 4.11. The van der Waals surface area contributed by atoms with Crippen LogP contribution >= 0.6 is 27.5 Å². The van der Waals surface area contributed by atoms with Crippen LogP contribution in [0.4, 0.5) is 0 Å². The SMILES string of the molecule is CCOCCN(CCOCC)C(=O)c1ccc(Br)c(Cl)c1. The molecule has 6 heteroatoms. The second-order valence-corrected chi connectivity index (χ2v) is 5.58. The van der Waals surface area contributed by atoms with Crippen LogP contribution in [0.15, 0.2) is 22.7 Å². The van der Waals surface area contributed by atoms with Gasteiger partial charge in [-0.05, 0) is 48.0 Å². The monoisotopic (exact) mass is 377 g/mol. The highest BCUT2D eigenvalue weighted by molar-refractivity contribution is 9.10. The van der Waals surface area contributed by atoms with Crippen LogP contribution < -0.4 is 0 Å². The third-order valence-electron chi connectivity index (χ3n) is 2.87. The molecule has 0 aliphatic carbocycles. The maximum Gasteiger partial charge on any atom is 0.254 e. The van der Waals surface area contributed by atoms with Gasteiger partial charge in [-0.3, -0.25) is 4.79 Å².